The van der Waals surface area contributed by atoms with E-state index in [9.17, 15) is 39.9 Å². The van der Waals surface area contributed by atoms with E-state index in [0.29, 0.717) is 18.3 Å². The molecule has 0 atom stereocenters. The molecule has 0 unspecified atom stereocenters. The van der Waals surface area contributed by atoms with Crippen LogP contribution in [0.1, 0.15) is 31.4 Å². The Hall–Kier alpha value is -6.04. The summed E-state index contributed by atoms with van der Waals surface area (Å²) in [6.07, 6.45) is -0.0439. The van der Waals surface area contributed by atoms with E-state index < -0.39 is 44.3 Å². The van der Waals surface area contributed by atoms with E-state index in [4.69, 9.17) is 4.74 Å². The van der Waals surface area contributed by atoms with Gasteiger partial charge in [-0.25, -0.2) is 0 Å². The number of Topliss-reactive ketones (excluding diaryl/α,β-unsaturated/α-hetero) is 1. The summed E-state index contributed by atoms with van der Waals surface area (Å²) < 4.78 is 4.97. The molecule has 0 heterocycles. The number of benzene rings is 3. The van der Waals surface area contributed by atoms with Crippen molar-refractivity contribution in [2.24, 2.45) is 10.2 Å². The second-order valence-electron chi connectivity index (χ2n) is 9.09. The molecule has 220 valence electrons. The smallest absolute Gasteiger partial charge is 0.308 e. The molecule has 15 heteroatoms. The van der Waals surface area contributed by atoms with Crippen LogP contribution in [0.5, 0.6) is 0 Å². The molecule has 3 aromatic rings. The third-order valence-corrected chi connectivity index (χ3v) is 5.75. The first-order valence-electron chi connectivity index (χ1n) is 12.6. The number of esters is 1. The molecule has 0 saturated heterocycles. The minimum Gasteiger partial charge on any atom is -0.458 e. The average molecular weight is 588 g/mol. The number of carbonyl (C=O) groups is 3. The number of nitro groups is 2. The number of nitriles is 1. The second-order valence-corrected chi connectivity index (χ2v) is 9.09. The van der Waals surface area contributed by atoms with E-state index in [0.717, 1.165) is 11.6 Å². The van der Waals surface area contributed by atoms with Crippen LogP contribution in [-0.4, -0.2) is 40.7 Å². The molecule has 0 aliphatic rings. The van der Waals surface area contributed by atoms with Gasteiger partial charge in [-0.05, 0) is 30.7 Å². The number of hydrogen-bond donors (Lipinski definition) is 1. The molecular formula is C28H25N7O8. The van der Waals surface area contributed by atoms with Crippen LogP contribution in [0.3, 0.4) is 0 Å². The molecule has 3 aromatic carbocycles. The lowest BCUT2D eigenvalue weighted by Gasteiger charge is -2.25. The Morgan fingerprint density at radius 2 is 1.72 bits per heavy atom. The van der Waals surface area contributed by atoms with Crippen molar-refractivity contribution in [3.8, 4) is 6.07 Å². The zero-order chi connectivity index (χ0) is 31.5. The number of ketones is 1. The third-order valence-electron chi connectivity index (χ3n) is 5.75. The van der Waals surface area contributed by atoms with Gasteiger partial charge in [-0.1, -0.05) is 30.3 Å². The van der Waals surface area contributed by atoms with Crippen LogP contribution in [-0.2, 0) is 25.7 Å². The van der Waals surface area contributed by atoms with Crippen LogP contribution in [0.4, 0.5) is 34.1 Å². The van der Waals surface area contributed by atoms with Crippen molar-refractivity contribution in [3.05, 3.63) is 92.0 Å². The number of non-ortho nitro benzene ring substituents is 1. The Morgan fingerprint density at radius 3 is 2.33 bits per heavy atom. The van der Waals surface area contributed by atoms with Crippen molar-refractivity contribution in [1.29, 1.82) is 5.26 Å². The molecule has 1 N–H and O–H groups in total. The number of carbonyl (C=O) groups excluding carboxylic acids is 3. The van der Waals surface area contributed by atoms with Gasteiger partial charge >= 0.3 is 11.7 Å². The average Bonchev–Trinajstić information content (AvgIpc) is 2.97. The van der Waals surface area contributed by atoms with Crippen molar-refractivity contribution < 1.29 is 29.0 Å². The molecule has 0 aliphatic carbocycles. The van der Waals surface area contributed by atoms with E-state index in [1.807, 2.05) is 35.2 Å². The zero-order valence-electron chi connectivity index (χ0n) is 23.1. The minimum absolute atomic E-state index is 0.0439. The highest BCUT2D eigenvalue weighted by Gasteiger charge is 2.25. The van der Waals surface area contributed by atoms with Gasteiger partial charge < -0.3 is 15.0 Å². The molecule has 3 rings (SSSR count). The summed E-state index contributed by atoms with van der Waals surface area (Å²) in [7, 11) is 0. The third kappa shape index (κ3) is 8.98. The van der Waals surface area contributed by atoms with Crippen molar-refractivity contribution in [3.63, 3.8) is 0 Å². The fourth-order valence-corrected chi connectivity index (χ4v) is 3.82. The molecule has 15 nitrogen and oxygen atoms in total. The van der Waals surface area contributed by atoms with Crippen LogP contribution < -0.4 is 10.2 Å². The predicted molar refractivity (Wildman–Crippen MR) is 153 cm³/mol. The summed E-state index contributed by atoms with van der Waals surface area (Å²) in [5.74, 6) is -1.33. The molecular weight excluding hydrogens is 562 g/mol. The number of nitrogens with one attached hydrogen (secondary N) is 1. The Morgan fingerprint density at radius 1 is 1.00 bits per heavy atom. The maximum absolute atomic E-state index is 12.2. The van der Waals surface area contributed by atoms with E-state index in [-0.39, 0.29) is 36.7 Å². The van der Waals surface area contributed by atoms with Crippen molar-refractivity contribution in [2.75, 3.05) is 23.4 Å². The SMILES string of the molecule is CC(=O)COC(=O)CCN(Cc1ccccc1)c1ccc(N=Nc2c(C#N)cc([N+](=O)[O-])cc2[N+](=O)[O-])c(NC(C)=O)c1. The van der Waals surface area contributed by atoms with E-state index >= 15 is 0 Å². The van der Waals surface area contributed by atoms with Crippen LogP contribution in [0, 0.1) is 31.6 Å². The van der Waals surface area contributed by atoms with Gasteiger partial charge in [0.2, 0.25) is 5.91 Å². The van der Waals surface area contributed by atoms with Crippen LogP contribution in [0.25, 0.3) is 0 Å². The second kappa shape index (κ2) is 14.6. The van der Waals surface area contributed by atoms with Crippen LogP contribution in [0.15, 0.2) is 70.9 Å². The minimum atomic E-state index is -0.914. The van der Waals surface area contributed by atoms with Gasteiger partial charge in [0, 0.05) is 31.8 Å². The number of hydrogen-bond acceptors (Lipinski definition) is 12. The Balaban J connectivity index is 2.02. The quantitative estimate of drug-likeness (QED) is 0.118. The maximum atomic E-state index is 12.2. The highest BCUT2D eigenvalue weighted by Crippen LogP contribution is 2.38. The summed E-state index contributed by atoms with van der Waals surface area (Å²) in [5, 5.41) is 42.7. The Labute approximate surface area is 244 Å². The lowest BCUT2D eigenvalue weighted by molar-refractivity contribution is -0.393. The van der Waals surface area contributed by atoms with E-state index in [1.165, 1.54) is 19.9 Å². The highest BCUT2D eigenvalue weighted by molar-refractivity contribution is 5.93. The normalized spacial score (nSPS) is 10.5. The number of anilines is 2. The van der Waals surface area contributed by atoms with Gasteiger partial charge in [-0.3, -0.25) is 34.6 Å². The summed E-state index contributed by atoms with van der Waals surface area (Å²) in [5.41, 5.74) is -0.681. The topological polar surface area (TPSA) is 210 Å². The first-order valence-corrected chi connectivity index (χ1v) is 12.6. The van der Waals surface area contributed by atoms with Crippen molar-refractivity contribution in [1.82, 2.24) is 0 Å². The summed E-state index contributed by atoms with van der Waals surface area (Å²) in [6.45, 7) is 2.78. The predicted octanol–water partition coefficient (Wildman–Crippen LogP) is 5.28. The summed E-state index contributed by atoms with van der Waals surface area (Å²) in [4.78, 5) is 58.2. The molecule has 0 saturated carbocycles. The maximum Gasteiger partial charge on any atom is 0.308 e. The summed E-state index contributed by atoms with van der Waals surface area (Å²) >= 11 is 0. The lowest BCUT2D eigenvalue weighted by Crippen LogP contribution is -2.27. The standard InChI is InChI=1S/C28H25N7O8/c1-18(36)17-43-27(38)10-11-33(16-20-6-4-3-5-7-20)22-8-9-24(25(13-22)30-19(2)37)31-32-28-21(15-29)12-23(34(39)40)14-26(28)35(41)42/h3-9,12-14H,10-11,16-17H2,1-2H3,(H,30,37). The molecule has 0 radical (unpaired) electrons. The fraction of sp³-hybridized carbons (Fsp3) is 0.214. The molecule has 0 fully saturated rings. The fourth-order valence-electron chi connectivity index (χ4n) is 3.82. The monoisotopic (exact) mass is 587 g/mol. The van der Waals surface area contributed by atoms with Gasteiger partial charge in [0.15, 0.2) is 11.5 Å². The molecule has 43 heavy (non-hydrogen) atoms. The van der Waals surface area contributed by atoms with Crippen LogP contribution in [0.2, 0.25) is 0 Å². The van der Waals surface area contributed by atoms with Crippen molar-refractivity contribution in [2.45, 2.75) is 26.8 Å². The highest BCUT2D eigenvalue weighted by atomic mass is 16.6. The largest absolute Gasteiger partial charge is 0.458 e. The molecule has 0 aliphatic heterocycles. The van der Waals surface area contributed by atoms with Crippen molar-refractivity contribution >= 4 is 51.8 Å². The molecule has 0 bridgehead atoms. The lowest BCUT2D eigenvalue weighted by atomic mass is 10.1. The van der Waals surface area contributed by atoms with E-state index in [2.05, 4.69) is 15.5 Å². The first-order chi connectivity index (χ1) is 20.5. The number of ether oxygens (including phenoxy) is 1. The summed E-state index contributed by atoms with van der Waals surface area (Å²) in [6, 6.07) is 17.2. The van der Waals surface area contributed by atoms with Gasteiger partial charge in [0.05, 0.1) is 33.6 Å². The van der Waals surface area contributed by atoms with Gasteiger partial charge in [0.25, 0.3) is 5.69 Å². The first kappa shape index (κ1) is 31.5. The van der Waals surface area contributed by atoms with Gasteiger partial charge in [0.1, 0.15) is 18.4 Å². The van der Waals surface area contributed by atoms with Gasteiger partial charge in [-0.2, -0.15) is 5.26 Å². The number of nitrogens with zero attached hydrogens (tertiary/aromatic N) is 6. The number of nitro benzene ring substituents is 2. The number of amides is 1. The van der Waals surface area contributed by atoms with E-state index in [1.54, 1.807) is 18.2 Å². The Bertz CT molecular complexity index is 1630. The van der Waals surface area contributed by atoms with Crippen LogP contribution >= 0.6 is 0 Å². The molecule has 1 amide bonds. The Kier molecular flexibility index (Phi) is 10.7. The van der Waals surface area contributed by atoms with Gasteiger partial charge in [-0.15, -0.1) is 10.2 Å². The number of azo groups is 1. The number of rotatable bonds is 13. The molecule has 0 spiro atoms. The molecule has 0 aromatic heterocycles. The zero-order valence-corrected chi connectivity index (χ0v) is 23.1.